The van der Waals surface area contributed by atoms with Gasteiger partial charge in [0.1, 0.15) is 24.4 Å². The normalized spacial score (nSPS) is 48.7. The molecule has 9 heteroatoms. The van der Waals surface area contributed by atoms with Gasteiger partial charge in [0, 0.05) is 13.2 Å². The SMILES string of the molecule is CC(C)C[C@@H]1CCO[C@H]2C(C(=O)N[C@H]3C4OC(SCCC/C=C/[C@H]3C)C3(O)OC3C4O)NC[C@@H]2C1. The van der Waals surface area contributed by atoms with Crippen LogP contribution in [0.4, 0.5) is 0 Å². The number of nitrogens with one attached hydrogen (secondary N) is 2. The topological polar surface area (TPSA) is 113 Å². The first-order valence-corrected chi connectivity index (χ1v) is 14.5. The second kappa shape index (κ2) is 10.6. The highest BCUT2D eigenvalue weighted by Crippen LogP contribution is 2.51. The molecule has 5 rings (SSSR count). The van der Waals surface area contributed by atoms with Crippen LogP contribution in [0.25, 0.3) is 0 Å². The first-order valence-electron chi connectivity index (χ1n) is 13.4. The summed E-state index contributed by atoms with van der Waals surface area (Å²) in [6, 6.07) is -0.879. The molecule has 0 saturated carbocycles. The summed E-state index contributed by atoms with van der Waals surface area (Å²) in [4.78, 5) is 13.6. The van der Waals surface area contributed by atoms with Crippen molar-refractivity contribution in [1.29, 1.82) is 0 Å². The van der Waals surface area contributed by atoms with E-state index in [1.165, 1.54) is 18.2 Å². The zero-order chi connectivity index (χ0) is 24.7. The van der Waals surface area contributed by atoms with Crippen molar-refractivity contribution in [2.75, 3.05) is 18.9 Å². The van der Waals surface area contributed by atoms with Crippen LogP contribution >= 0.6 is 11.8 Å². The number of thioether (sulfide) groups is 1. The van der Waals surface area contributed by atoms with E-state index in [4.69, 9.17) is 14.2 Å². The molecule has 0 radical (unpaired) electrons. The van der Waals surface area contributed by atoms with Gasteiger partial charge >= 0.3 is 0 Å². The molecule has 5 aliphatic heterocycles. The minimum Gasteiger partial charge on any atom is -0.387 e. The number of epoxide rings is 1. The third-order valence-electron chi connectivity index (χ3n) is 8.34. The molecule has 4 N–H and O–H groups in total. The molecule has 198 valence electrons. The van der Waals surface area contributed by atoms with Gasteiger partial charge in [0.25, 0.3) is 0 Å². The molecule has 1 amide bonds. The Morgan fingerprint density at radius 2 is 2.17 bits per heavy atom. The maximum Gasteiger partial charge on any atom is 0.240 e. The van der Waals surface area contributed by atoms with Crippen LogP contribution in [0.2, 0.25) is 0 Å². The molecule has 8 nitrogen and oxygen atoms in total. The minimum atomic E-state index is -1.44. The quantitative estimate of drug-likeness (QED) is 0.335. The monoisotopic (exact) mass is 510 g/mol. The first-order chi connectivity index (χ1) is 16.8. The van der Waals surface area contributed by atoms with Gasteiger partial charge in [-0.2, -0.15) is 0 Å². The van der Waals surface area contributed by atoms with Gasteiger partial charge in [-0.1, -0.05) is 32.9 Å². The van der Waals surface area contributed by atoms with E-state index in [0.29, 0.717) is 24.4 Å². The van der Waals surface area contributed by atoms with E-state index in [-0.39, 0.29) is 17.9 Å². The predicted molar refractivity (Wildman–Crippen MR) is 134 cm³/mol. The third kappa shape index (κ3) is 5.33. The average molecular weight is 511 g/mol. The zero-order valence-electron chi connectivity index (χ0n) is 21.1. The summed E-state index contributed by atoms with van der Waals surface area (Å²) in [7, 11) is 0. The first kappa shape index (κ1) is 25.9. The van der Waals surface area contributed by atoms with Crippen LogP contribution < -0.4 is 10.6 Å². The maximum absolute atomic E-state index is 13.6. The third-order valence-corrected chi connectivity index (χ3v) is 9.61. The highest BCUT2D eigenvalue weighted by Gasteiger charge is 2.70. The van der Waals surface area contributed by atoms with Gasteiger partial charge in [0.2, 0.25) is 11.7 Å². The fourth-order valence-electron chi connectivity index (χ4n) is 6.48. The van der Waals surface area contributed by atoms with Gasteiger partial charge in [-0.15, -0.1) is 11.8 Å². The van der Waals surface area contributed by atoms with E-state index < -0.39 is 41.6 Å². The number of rotatable bonds is 4. The standard InChI is InChI=1S/C26H42N2O6S/c1-14(2)11-16-8-9-32-21-17(12-16)13-27-19(21)24(30)28-18-15(3)7-5-4-6-10-35-25-26(31)23(34-26)20(29)22(18)33-25/h5,7,14-23,25,27,29,31H,4,6,8-13H2,1-3H3,(H,28,30)/b7-5+/t15-,16+,17+,18-,19?,20?,21-,22?,23?,25?,26?/m1/s1. The molecule has 0 spiro atoms. The largest absolute Gasteiger partial charge is 0.387 e. The summed E-state index contributed by atoms with van der Waals surface area (Å²) in [5.41, 5.74) is -0.581. The van der Waals surface area contributed by atoms with Crippen molar-refractivity contribution < 1.29 is 29.2 Å². The molecule has 4 saturated heterocycles. The van der Waals surface area contributed by atoms with Crippen molar-refractivity contribution in [3.8, 4) is 0 Å². The molecule has 4 fully saturated rings. The van der Waals surface area contributed by atoms with Crippen LogP contribution in [0.5, 0.6) is 0 Å². The van der Waals surface area contributed by atoms with Crippen LogP contribution in [0.15, 0.2) is 12.2 Å². The van der Waals surface area contributed by atoms with Crippen LogP contribution in [-0.2, 0) is 19.0 Å². The van der Waals surface area contributed by atoms with Crippen LogP contribution in [0, 0.1) is 23.7 Å². The Hall–Kier alpha value is -0.680. The minimum absolute atomic E-state index is 0.0602. The van der Waals surface area contributed by atoms with Crippen LogP contribution in [0.3, 0.4) is 0 Å². The van der Waals surface area contributed by atoms with E-state index in [0.717, 1.165) is 38.0 Å². The molecule has 5 aliphatic rings. The Morgan fingerprint density at radius 1 is 1.34 bits per heavy atom. The number of ether oxygens (including phenoxy) is 3. The maximum atomic E-state index is 13.6. The lowest BCUT2D eigenvalue weighted by atomic mass is 9.85. The number of fused-ring (bicyclic) bond motifs is 5. The van der Waals surface area contributed by atoms with E-state index in [9.17, 15) is 15.0 Å². The van der Waals surface area contributed by atoms with Crippen molar-refractivity contribution in [2.45, 2.75) is 101 Å². The summed E-state index contributed by atoms with van der Waals surface area (Å²) in [5.74, 6) is 0.834. The van der Waals surface area contributed by atoms with E-state index in [1.54, 1.807) is 0 Å². The number of carbonyl (C=O) groups is 1. The number of hydrogen-bond donors (Lipinski definition) is 4. The molecule has 5 heterocycles. The van der Waals surface area contributed by atoms with Gasteiger partial charge in [-0.3, -0.25) is 4.79 Å². The van der Waals surface area contributed by atoms with Crippen molar-refractivity contribution in [3.63, 3.8) is 0 Å². The van der Waals surface area contributed by atoms with Crippen molar-refractivity contribution in [1.82, 2.24) is 10.6 Å². The summed E-state index contributed by atoms with van der Waals surface area (Å²) >= 11 is 1.52. The lowest BCUT2D eigenvalue weighted by Crippen LogP contribution is -2.62. The molecule has 35 heavy (non-hydrogen) atoms. The lowest BCUT2D eigenvalue weighted by molar-refractivity contribution is -0.154. The van der Waals surface area contributed by atoms with Crippen molar-refractivity contribution in [2.24, 2.45) is 23.7 Å². The highest BCUT2D eigenvalue weighted by molar-refractivity contribution is 7.99. The summed E-state index contributed by atoms with van der Waals surface area (Å²) in [6.45, 7) is 8.04. The lowest BCUT2D eigenvalue weighted by Gasteiger charge is -2.40. The molecule has 2 bridgehead atoms. The van der Waals surface area contributed by atoms with Crippen LogP contribution in [0.1, 0.15) is 52.9 Å². The molecule has 0 aromatic heterocycles. The molecule has 0 aliphatic carbocycles. The number of hydrogen-bond acceptors (Lipinski definition) is 8. The highest BCUT2D eigenvalue weighted by atomic mass is 32.2. The molecular weight excluding hydrogens is 468 g/mol. The Morgan fingerprint density at radius 3 is 2.97 bits per heavy atom. The Balaban J connectivity index is 1.31. The second-order valence-electron chi connectivity index (χ2n) is 11.5. The van der Waals surface area contributed by atoms with Gasteiger partial charge < -0.3 is 35.1 Å². The molecular formula is C26H42N2O6S. The summed E-state index contributed by atoms with van der Waals surface area (Å²) in [6.07, 6.45) is 6.93. The van der Waals surface area contributed by atoms with Crippen molar-refractivity contribution in [3.05, 3.63) is 12.2 Å². The molecule has 6 unspecified atom stereocenters. The molecule has 11 atom stereocenters. The fraction of sp³-hybridized carbons (Fsp3) is 0.885. The Bertz CT molecular complexity index is 798. The number of aliphatic hydroxyl groups is 2. The van der Waals surface area contributed by atoms with Gasteiger partial charge in [-0.05, 0) is 61.5 Å². The number of aliphatic hydroxyl groups excluding tert-OH is 1. The zero-order valence-corrected chi connectivity index (χ0v) is 21.9. The van der Waals surface area contributed by atoms with Gasteiger partial charge in [0.15, 0.2) is 5.44 Å². The smallest absolute Gasteiger partial charge is 0.240 e. The molecule has 0 aromatic carbocycles. The second-order valence-corrected chi connectivity index (χ2v) is 12.7. The number of allylic oxidation sites excluding steroid dienone is 1. The molecule has 0 aromatic rings. The fourth-order valence-corrected chi connectivity index (χ4v) is 7.67. The Labute approximate surface area is 212 Å². The van der Waals surface area contributed by atoms with Gasteiger partial charge in [0.05, 0.1) is 12.1 Å². The predicted octanol–water partition coefficient (Wildman–Crippen LogP) is 1.79. The summed E-state index contributed by atoms with van der Waals surface area (Å²) in [5, 5.41) is 28.4. The number of carbonyl (C=O) groups excluding carboxylic acids is 1. The van der Waals surface area contributed by atoms with E-state index in [2.05, 4.69) is 36.6 Å². The van der Waals surface area contributed by atoms with Crippen molar-refractivity contribution >= 4 is 17.7 Å². The average Bonchev–Trinajstić information content (AvgIpc) is 3.44. The van der Waals surface area contributed by atoms with Crippen LogP contribution in [-0.4, -0.2) is 82.7 Å². The van der Waals surface area contributed by atoms with E-state index in [1.807, 2.05) is 6.92 Å². The summed E-state index contributed by atoms with van der Waals surface area (Å²) < 4.78 is 18.0. The Kier molecular flexibility index (Phi) is 7.85. The van der Waals surface area contributed by atoms with Gasteiger partial charge in [-0.25, -0.2) is 0 Å². The van der Waals surface area contributed by atoms with E-state index >= 15 is 0 Å². The number of amides is 1.